The predicted molar refractivity (Wildman–Crippen MR) is 72.9 cm³/mol. The summed E-state index contributed by atoms with van der Waals surface area (Å²) in [7, 11) is 1.57. The number of aliphatic carboxylic acids is 1. The standard InChI is InChI=1S/C14H14N2O4/c1-8(14(18)19)16-13(17)10-5-9-3-4-11(20-2)6-12(9)15-7-10/h3-8H,1-2H3,(H,16,17)(H,18,19). The van der Waals surface area contributed by atoms with Crippen molar-refractivity contribution in [3.05, 3.63) is 36.0 Å². The molecule has 0 saturated carbocycles. The van der Waals surface area contributed by atoms with E-state index >= 15 is 0 Å². The Morgan fingerprint density at radius 1 is 1.35 bits per heavy atom. The number of nitrogens with one attached hydrogen (secondary N) is 1. The molecule has 0 fully saturated rings. The molecule has 1 aromatic carbocycles. The molecule has 0 saturated heterocycles. The Kier molecular flexibility index (Phi) is 3.84. The summed E-state index contributed by atoms with van der Waals surface area (Å²) in [5, 5.41) is 11.9. The number of amides is 1. The number of carbonyl (C=O) groups excluding carboxylic acids is 1. The van der Waals surface area contributed by atoms with Gasteiger partial charge in [-0.05, 0) is 25.1 Å². The lowest BCUT2D eigenvalue weighted by Crippen LogP contribution is -2.38. The highest BCUT2D eigenvalue weighted by atomic mass is 16.5. The molecule has 2 aromatic rings. The molecule has 0 aliphatic carbocycles. The Balaban J connectivity index is 2.27. The van der Waals surface area contributed by atoms with Gasteiger partial charge in [0, 0.05) is 17.6 Å². The number of fused-ring (bicyclic) bond motifs is 1. The highest BCUT2D eigenvalue weighted by Crippen LogP contribution is 2.19. The van der Waals surface area contributed by atoms with Gasteiger partial charge < -0.3 is 15.2 Å². The monoisotopic (exact) mass is 274 g/mol. The van der Waals surface area contributed by atoms with Crippen molar-refractivity contribution in [1.82, 2.24) is 10.3 Å². The molecule has 20 heavy (non-hydrogen) atoms. The summed E-state index contributed by atoms with van der Waals surface area (Å²) in [4.78, 5) is 26.8. The number of aromatic nitrogens is 1. The van der Waals surface area contributed by atoms with Gasteiger partial charge in [0.1, 0.15) is 11.8 Å². The van der Waals surface area contributed by atoms with E-state index in [9.17, 15) is 9.59 Å². The molecule has 1 aromatic heterocycles. The fraction of sp³-hybridized carbons (Fsp3) is 0.214. The van der Waals surface area contributed by atoms with Crippen LogP contribution in [0, 0.1) is 0 Å². The van der Waals surface area contributed by atoms with Gasteiger partial charge >= 0.3 is 5.97 Å². The predicted octanol–water partition coefficient (Wildman–Crippen LogP) is 1.45. The van der Waals surface area contributed by atoms with Crippen LogP contribution in [0.2, 0.25) is 0 Å². The number of benzene rings is 1. The zero-order valence-electron chi connectivity index (χ0n) is 11.1. The minimum Gasteiger partial charge on any atom is -0.497 e. The highest BCUT2D eigenvalue weighted by molar-refractivity contribution is 5.99. The fourth-order valence-corrected chi connectivity index (χ4v) is 1.69. The van der Waals surface area contributed by atoms with Crippen LogP contribution in [0.15, 0.2) is 30.5 Å². The topological polar surface area (TPSA) is 88.5 Å². The Hall–Kier alpha value is -2.63. The molecule has 0 bridgehead atoms. The van der Waals surface area contributed by atoms with E-state index in [1.165, 1.54) is 13.1 Å². The SMILES string of the molecule is COc1ccc2cc(C(=O)NC(C)C(=O)O)cnc2c1. The van der Waals surface area contributed by atoms with Crippen molar-refractivity contribution in [2.75, 3.05) is 7.11 Å². The Morgan fingerprint density at radius 3 is 2.75 bits per heavy atom. The molecule has 6 heteroatoms. The van der Waals surface area contributed by atoms with E-state index in [4.69, 9.17) is 9.84 Å². The molecule has 2 rings (SSSR count). The molecular weight excluding hydrogens is 260 g/mol. The maximum absolute atomic E-state index is 11.9. The van der Waals surface area contributed by atoms with Gasteiger partial charge in [0.2, 0.25) is 0 Å². The van der Waals surface area contributed by atoms with Crippen LogP contribution in [0.5, 0.6) is 5.75 Å². The summed E-state index contributed by atoms with van der Waals surface area (Å²) in [6.45, 7) is 1.40. The number of ether oxygens (including phenoxy) is 1. The number of carboxylic acid groups (broad SMARTS) is 1. The quantitative estimate of drug-likeness (QED) is 0.880. The van der Waals surface area contributed by atoms with E-state index < -0.39 is 17.9 Å². The Bertz CT molecular complexity index is 669. The molecule has 2 N–H and O–H groups in total. The Labute approximate surface area is 115 Å². The Morgan fingerprint density at radius 2 is 2.10 bits per heavy atom. The van der Waals surface area contributed by atoms with Crippen LogP contribution in [-0.2, 0) is 4.79 Å². The second kappa shape index (κ2) is 5.56. The number of pyridine rings is 1. The van der Waals surface area contributed by atoms with Crippen LogP contribution in [0.1, 0.15) is 17.3 Å². The number of carbonyl (C=O) groups is 2. The third-order valence-electron chi connectivity index (χ3n) is 2.87. The summed E-state index contributed by atoms with van der Waals surface area (Å²) in [6.07, 6.45) is 1.41. The van der Waals surface area contributed by atoms with Gasteiger partial charge in [-0.15, -0.1) is 0 Å². The number of hydrogen-bond acceptors (Lipinski definition) is 4. The maximum atomic E-state index is 11.9. The number of hydrogen-bond donors (Lipinski definition) is 2. The lowest BCUT2D eigenvalue weighted by molar-refractivity contribution is -0.138. The van der Waals surface area contributed by atoms with Crippen molar-refractivity contribution in [1.29, 1.82) is 0 Å². The van der Waals surface area contributed by atoms with Crippen LogP contribution in [0.3, 0.4) is 0 Å². The number of rotatable bonds is 4. The van der Waals surface area contributed by atoms with Crippen molar-refractivity contribution < 1.29 is 19.4 Å². The first kappa shape index (κ1) is 13.8. The van der Waals surface area contributed by atoms with Crippen molar-refractivity contribution in [2.24, 2.45) is 0 Å². The van der Waals surface area contributed by atoms with E-state index in [1.807, 2.05) is 0 Å². The van der Waals surface area contributed by atoms with E-state index in [0.717, 1.165) is 5.39 Å². The molecule has 104 valence electrons. The lowest BCUT2D eigenvalue weighted by atomic mass is 10.1. The zero-order chi connectivity index (χ0) is 14.7. The number of nitrogens with zero attached hydrogens (tertiary/aromatic N) is 1. The fourth-order valence-electron chi connectivity index (χ4n) is 1.69. The summed E-state index contributed by atoms with van der Waals surface area (Å²) in [5.74, 6) is -0.872. The van der Waals surface area contributed by atoms with Crippen LogP contribution >= 0.6 is 0 Å². The van der Waals surface area contributed by atoms with Crippen molar-refractivity contribution in [3.8, 4) is 5.75 Å². The summed E-state index contributed by atoms with van der Waals surface area (Å²) in [5.41, 5.74) is 1.02. The number of methoxy groups -OCH3 is 1. The van der Waals surface area contributed by atoms with Crippen LogP contribution in [-0.4, -0.2) is 35.1 Å². The first-order chi connectivity index (χ1) is 9.51. The van der Waals surface area contributed by atoms with Gasteiger partial charge in [-0.1, -0.05) is 0 Å². The maximum Gasteiger partial charge on any atom is 0.325 e. The van der Waals surface area contributed by atoms with Gasteiger partial charge in [-0.3, -0.25) is 14.6 Å². The molecule has 0 aliphatic heterocycles. The zero-order valence-corrected chi connectivity index (χ0v) is 11.1. The molecule has 0 spiro atoms. The second-order valence-corrected chi connectivity index (χ2v) is 4.32. The van der Waals surface area contributed by atoms with Gasteiger partial charge in [0.15, 0.2) is 0 Å². The first-order valence-electron chi connectivity index (χ1n) is 5.98. The van der Waals surface area contributed by atoms with Crippen LogP contribution in [0.25, 0.3) is 10.9 Å². The third-order valence-corrected chi connectivity index (χ3v) is 2.87. The smallest absolute Gasteiger partial charge is 0.325 e. The summed E-state index contributed by atoms with van der Waals surface area (Å²) in [6, 6.07) is 6.03. The molecule has 1 amide bonds. The van der Waals surface area contributed by atoms with Crippen molar-refractivity contribution >= 4 is 22.8 Å². The molecule has 1 unspecified atom stereocenters. The van der Waals surface area contributed by atoms with Gasteiger partial charge in [0.05, 0.1) is 18.2 Å². The second-order valence-electron chi connectivity index (χ2n) is 4.32. The highest BCUT2D eigenvalue weighted by Gasteiger charge is 2.15. The molecule has 6 nitrogen and oxygen atoms in total. The van der Waals surface area contributed by atoms with Crippen LogP contribution in [0.4, 0.5) is 0 Å². The van der Waals surface area contributed by atoms with Crippen molar-refractivity contribution in [2.45, 2.75) is 13.0 Å². The third kappa shape index (κ3) is 2.85. The average molecular weight is 274 g/mol. The van der Waals surface area contributed by atoms with Crippen LogP contribution < -0.4 is 10.1 Å². The normalized spacial score (nSPS) is 11.9. The van der Waals surface area contributed by atoms with Gasteiger partial charge in [-0.2, -0.15) is 0 Å². The molecule has 1 heterocycles. The molecular formula is C14H14N2O4. The summed E-state index contributed by atoms with van der Waals surface area (Å²) >= 11 is 0. The van der Waals surface area contributed by atoms with Crippen molar-refractivity contribution in [3.63, 3.8) is 0 Å². The minimum absolute atomic E-state index is 0.316. The van der Waals surface area contributed by atoms with Gasteiger partial charge in [0.25, 0.3) is 5.91 Å². The molecule has 1 atom stereocenters. The van der Waals surface area contributed by atoms with Gasteiger partial charge in [-0.25, -0.2) is 0 Å². The van der Waals surface area contributed by atoms with E-state index in [-0.39, 0.29) is 0 Å². The average Bonchev–Trinajstić information content (AvgIpc) is 2.45. The minimum atomic E-state index is -1.09. The summed E-state index contributed by atoms with van der Waals surface area (Å²) < 4.78 is 5.09. The largest absolute Gasteiger partial charge is 0.497 e. The first-order valence-corrected chi connectivity index (χ1v) is 5.98. The van der Waals surface area contributed by atoms with E-state index in [0.29, 0.717) is 16.8 Å². The lowest BCUT2D eigenvalue weighted by Gasteiger charge is -2.09. The number of carboxylic acids is 1. The molecule has 0 radical (unpaired) electrons. The van der Waals surface area contributed by atoms with E-state index in [2.05, 4.69) is 10.3 Å². The molecule has 0 aliphatic rings. The van der Waals surface area contributed by atoms with E-state index in [1.54, 1.807) is 31.4 Å².